The van der Waals surface area contributed by atoms with E-state index in [4.69, 9.17) is 22.0 Å². The number of hydrogen-bond donors (Lipinski definition) is 1. The molecule has 0 saturated carbocycles. The molecule has 0 aromatic heterocycles. The van der Waals surface area contributed by atoms with Crippen LogP contribution in [0.2, 0.25) is 5.02 Å². The van der Waals surface area contributed by atoms with E-state index in [1.54, 1.807) is 6.07 Å². The Morgan fingerprint density at radius 3 is 2.79 bits per heavy atom. The van der Waals surface area contributed by atoms with Crippen molar-refractivity contribution in [3.63, 3.8) is 0 Å². The van der Waals surface area contributed by atoms with Gasteiger partial charge in [-0.3, -0.25) is 4.79 Å². The number of nitriles is 1. The van der Waals surface area contributed by atoms with E-state index in [1.165, 1.54) is 6.07 Å². The molecule has 0 bridgehead atoms. The highest BCUT2D eigenvalue weighted by molar-refractivity contribution is 14.1. The highest BCUT2D eigenvalue weighted by Gasteiger charge is 2.11. The summed E-state index contributed by atoms with van der Waals surface area (Å²) in [5, 5.41) is 17.9. The molecular formula is C9H5ClINO2. The van der Waals surface area contributed by atoms with Gasteiger partial charge < -0.3 is 5.11 Å². The second-order valence-corrected chi connectivity index (χ2v) is 4.20. The standard InChI is InChI=1S/C9H5ClINO2/c10-6-1-5(2-9(13)14)7(4-12)8(11)3-6/h1,3H,2H2,(H,13,14). The van der Waals surface area contributed by atoms with E-state index < -0.39 is 5.97 Å². The number of carbonyl (C=O) groups is 1. The van der Waals surface area contributed by atoms with Gasteiger partial charge >= 0.3 is 5.97 Å². The number of rotatable bonds is 2. The topological polar surface area (TPSA) is 61.1 Å². The van der Waals surface area contributed by atoms with Crippen molar-refractivity contribution in [2.45, 2.75) is 6.42 Å². The first-order chi connectivity index (χ1) is 6.54. The van der Waals surface area contributed by atoms with Crippen LogP contribution in [-0.4, -0.2) is 11.1 Å². The van der Waals surface area contributed by atoms with Crippen LogP contribution in [-0.2, 0) is 11.2 Å². The van der Waals surface area contributed by atoms with Crippen molar-refractivity contribution in [3.05, 3.63) is 31.9 Å². The average molecular weight is 322 g/mol. The Morgan fingerprint density at radius 1 is 1.64 bits per heavy atom. The van der Waals surface area contributed by atoms with E-state index in [0.717, 1.165) is 0 Å². The van der Waals surface area contributed by atoms with Crippen molar-refractivity contribution >= 4 is 40.2 Å². The minimum atomic E-state index is -0.973. The largest absolute Gasteiger partial charge is 0.481 e. The van der Waals surface area contributed by atoms with Crippen molar-refractivity contribution in [1.29, 1.82) is 5.26 Å². The number of hydrogen-bond acceptors (Lipinski definition) is 2. The molecule has 3 nitrogen and oxygen atoms in total. The second-order valence-electron chi connectivity index (χ2n) is 2.60. The number of halogens is 2. The third-order valence-corrected chi connectivity index (χ3v) is 2.66. The summed E-state index contributed by atoms with van der Waals surface area (Å²) < 4.78 is 0.675. The molecule has 72 valence electrons. The predicted octanol–water partition coefficient (Wildman–Crippen LogP) is 2.44. The highest BCUT2D eigenvalue weighted by atomic mass is 127. The molecular weight excluding hydrogens is 316 g/mol. The summed E-state index contributed by atoms with van der Waals surface area (Å²) >= 11 is 7.71. The summed E-state index contributed by atoms with van der Waals surface area (Å²) in [6.07, 6.45) is -0.181. The molecule has 0 spiro atoms. The van der Waals surface area contributed by atoms with E-state index in [9.17, 15) is 4.79 Å². The summed E-state index contributed by atoms with van der Waals surface area (Å²) in [6, 6.07) is 5.11. The van der Waals surface area contributed by atoms with Crippen LogP contribution in [0, 0.1) is 14.9 Å². The highest BCUT2D eigenvalue weighted by Crippen LogP contribution is 2.22. The molecule has 14 heavy (non-hydrogen) atoms. The van der Waals surface area contributed by atoms with Gasteiger partial charge in [0.05, 0.1) is 12.0 Å². The fourth-order valence-electron chi connectivity index (χ4n) is 1.05. The van der Waals surface area contributed by atoms with Gasteiger partial charge in [-0.2, -0.15) is 5.26 Å². The molecule has 0 unspecified atom stereocenters. The van der Waals surface area contributed by atoms with Crippen LogP contribution in [0.5, 0.6) is 0 Å². The minimum absolute atomic E-state index is 0.181. The van der Waals surface area contributed by atoms with Gasteiger partial charge in [-0.25, -0.2) is 0 Å². The van der Waals surface area contributed by atoms with E-state index >= 15 is 0 Å². The first-order valence-electron chi connectivity index (χ1n) is 3.64. The fraction of sp³-hybridized carbons (Fsp3) is 0.111. The van der Waals surface area contributed by atoms with Crippen LogP contribution < -0.4 is 0 Å². The Morgan fingerprint density at radius 2 is 2.29 bits per heavy atom. The first-order valence-corrected chi connectivity index (χ1v) is 5.10. The molecule has 1 aromatic rings. The monoisotopic (exact) mass is 321 g/mol. The number of carboxylic acids is 1. The van der Waals surface area contributed by atoms with Gasteiger partial charge in [0, 0.05) is 8.59 Å². The summed E-state index contributed by atoms with van der Waals surface area (Å²) in [5.41, 5.74) is 0.842. The third kappa shape index (κ3) is 2.59. The Hall–Kier alpha value is -0.800. The lowest BCUT2D eigenvalue weighted by molar-refractivity contribution is -0.136. The Kier molecular flexibility index (Phi) is 3.72. The Balaban J connectivity index is 3.26. The quantitative estimate of drug-likeness (QED) is 0.851. The number of benzene rings is 1. The maximum atomic E-state index is 10.5. The summed E-state index contributed by atoms with van der Waals surface area (Å²) in [6.45, 7) is 0. The van der Waals surface area contributed by atoms with Crippen molar-refractivity contribution in [1.82, 2.24) is 0 Å². The fourth-order valence-corrected chi connectivity index (χ4v) is 2.28. The van der Waals surface area contributed by atoms with Crippen molar-refractivity contribution in [3.8, 4) is 6.07 Å². The van der Waals surface area contributed by atoms with Crippen LogP contribution in [0.4, 0.5) is 0 Å². The van der Waals surface area contributed by atoms with Gasteiger partial charge in [0.1, 0.15) is 6.07 Å². The Labute approximate surface area is 99.4 Å². The van der Waals surface area contributed by atoms with Gasteiger partial charge in [0.2, 0.25) is 0 Å². The van der Waals surface area contributed by atoms with Crippen molar-refractivity contribution in [2.24, 2.45) is 0 Å². The molecule has 5 heteroatoms. The van der Waals surface area contributed by atoms with Crippen molar-refractivity contribution < 1.29 is 9.90 Å². The van der Waals surface area contributed by atoms with E-state index in [-0.39, 0.29) is 6.42 Å². The minimum Gasteiger partial charge on any atom is -0.481 e. The molecule has 1 N–H and O–H groups in total. The predicted molar refractivity (Wildman–Crippen MR) is 60.2 cm³/mol. The lowest BCUT2D eigenvalue weighted by Gasteiger charge is -2.03. The summed E-state index contributed by atoms with van der Waals surface area (Å²) in [4.78, 5) is 10.5. The van der Waals surface area contributed by atoms with Crippen LogP contribution in [0.1, 0.15) is 11.1 Å². The number of aliphatic carboxylic acids is 1. The lowest BCUT2D eigenvalue weighted by Crippen LogP contribution is -2.03. The zero-order chi connectivity index (χ0) is 10.7. The summed E-state index contributed by atoms with van der Waals surface area (Å²) in [7, 11) is 0. The lowest BCUT2D eigenvalue weighted by atomic mass is 10.1. The van der Waals surface area contributed by atoms with Crippen LogP contribution in [0.3, 0.4) is 0 Å². The molecule has 1 rings (SSSR count). The normalized spacial score (nSPS) is 9.50. The number of nitrogens with zero attached hydrogens (tertiary/aromatic N) is 1. The van der Waals surface area contributed by atoms with Gasteiger partial charge in [0.15, 0.2) is 0 Å². The molecule has 0 aliphatic heterocycles. The maximum Gasteiger partial charge on any atom is 0.307 e. The van der Waals surface area contributed by atoms with Gasteiger partial charge in [-0.05, 0) is 40.3 Å². The number of carboxylic acid groups (broad SMARTS) is 1. The SMILES string of the molecule is N#Cc1c(I)cc(Cl)cc1CC(=O)O. The molecule has 0 radical (unpaired) electrons. The average Bonchev–Trinajstić information content (AvgIpc) is 2.01. The molecule has 0 saturated heterocycles. The molecule has 0 aliphatic carbocycles. The zero-order valence-corrected chi connectivity index (χ0v) is 9.83. The van der Waals surface area contributed by atoms with Crippen LogP contribution in [0.15, 0.2) is 12.1 Å². The van der Waals surface area contributed by atoms with E-state index in [0.29, 0.717) is 19.7 Å². The molecule has 0 heterocycles. The summed E-state index contributed by atoms with van der Waals surface area (Å²) in [5.74, 6) is -0.973. The Bertz CT molecular complexity index is 426. The molecule has 1 aromatic carbocycles. The van der Waals surface area contributed by atoms with Crippen LogP contribution in [0.25, 0.3) is 0 Å². The molecule has 0 atom stereocenters. The molecule has 0 fully saturated rings. The molecule has 0 amide bonds. The first kappa shape index (κ1) is 11.3. The molecule has 0 aliphatic rings. The van der Waals surface area contributed by atoms with Gasteiger partial charge in [0.25, 0.3) is 0 Å². The van der Waals surface area contributed by atoms with Gasteiger partial charge in [-0.15, -0.1) is 0 Å². The van der Waals surface area contributed by atoms with Crippen molar-refractivity contribution in [2.75, 3.05) is 0 Å². The maximum absolute atomic E-state index is 10.5. The zero-order valence-electron chi connectivity index (χ0n) is 6.92. The second kappa shape index (κ2) is 4.62. The van der Waals surface area contributed by atoms with Gasteiger partial charge in [-0.1, -0.05) is 11.6 Å². The van der Waals surface area contributed by atoms with Crippen LogP contribution >= 0.6 is 34.2 Å². The van der Waals surface area contributed by atoms with E-state index in [1.807, 2.05) is 28.7 Å². The third-order valence-electron chi connectivity index (χ3n) is 1.59. The smallest absolute Gasteiger partial charge is 0.307 e. The van der Waals surface area contributed by atoms with E-state index in [2.05, 4.69) is 0 Å².